The number of halogens is 1. The molecule has 0 N–H and O–H groups in total. The summed E-state index contributed by atoms with van der Waals surface area (Å²) in [6.45, 7) is 8.61. The van der Waals surface area contributed by atoms with Crippen molar-refractivity contribution in [1.82, 2.24) is 0 Å². The molecule has 0 amide bonds. The Hall–Kier alpha value is -2.88. The van der Waals surface area contributed by atoms with E-state index in [9.17, 15) is 0 Å². The van der Waals surface area contributed by atoms with Gasteiger partial charge in [-0.25, -0.2) is 0 Å². The molecule has 0 atom stereocenters. The van der Waals surface area contributed by atoms with E-state index in [1.165, 1.54) is 17.4 Å². The minimum Gasteiger partial charge on any atom is -0.455 e. The normalized spacial score (nSPS) is 12.7. The average molecular weight is 376 g/mol. The van der Waals surface area contributed by atoms with Gasteiger partial charge in [-0.2, -0.15) is 8.96 Å². The van der Waals surface area contributed by atoms with E-state index in [0.717, 1.165) is 39.8 Å². The number of ether oxygens (including phenoxy) is 1. The molecule has 0 saturated heterocycles. The van der Waals surface area contributed by atoms with Crippen molar-refractivity contribution in [2.45, 2.75) is 34.1 Å². The molecule has 4 aromatic rings. The molecule has 0 unspecified atom stereocenters. The summed E-state index contributed by atoms with van der Waals surface area (Å²) in [4.78, 5) is 0. The fourth-order valence-corrected chi connectivity index (χ4v) is 4.46. The Morgan fingerprint density at radius 2 is 1.93 bits per heavy atom. The van der Waals surface area contributed by atoms with Crippen molar-refractivity contribution < 1.29 is 18.1 Å². The molecule has 2 aromatic carbocycles. The van der Waals surface area contributed by atoms with Gasteiger partial charge in [-0.05, 0) is 54.3 Å². The fourth-order valence-electron chi connectivity index (χ4n) is 4.46. The van der Waals surface area contributed by atoms with Gasteiger partial charge in [0.25, 0.3) is 11.2 Å². The van der Waals surface area contributed by atoms with E-state index in [1.54, 1.807) is 6.07 Å². The standard InChI is InChI=1S/C24H23FNO2/c1-12(2)8-15-10-16-9-13(3)14(4)19-20(16)18(11-15)28-24-21(25)23-17(6-7-27-23)26(5)22(19)24/h6-7,9-12H,8H2,1-5H3/q+1. The Kier molecular flexibility index (Phi) is 3.57. The van der Waals surface area contributed by atoms with Crippen molar-refractivity contribution in [2.75, 3.05) is 0 Å². The molecule has 2 aromatic heterocycles. The van der Waals surface area contributed by atoms with Crippen LogP contribution in [0.4, 0.5) is 4.39 Å². The minimum atomic E-state index is -0.443. The van der Waals surface area contributed by atoms with Crippen LogP contribution in [0, 0.1) is 25.6 Å². The first kappa shape index (κ1) is 17.2. The summed E-state index contributed by atoms with van der Waals surface area (Å²) in [6, 6.07) is 8.32. The zero-order valence-electron chi connectivity index (χ0n) is 16.8. The lowest BCUT2D eigenvalue weighted by molar-refractivity contribution is -0.634. The SMILES string of the molecule is Cc1cc2cc(CC(C)C)cc3c2c(c1C)-c1c(c(F)c2occc2[n+]1C)O3. The van der Waals surface area contributed by atoms with Gasteiger partial charge in [-0.3, -0.25) is 0 Å². The lowest BCUT2D eigenvalue weighted by atomic mass is 9.88. The van der Waals surface area contributed by atoms with Crippen LogP contribution >= 0.6 is 0 Å². The van der Waals surface area contributed by atoms with E-state index in [2.05, 4.69) is 45.9 Å². The predicted octanol–water partition coefficient (Wildman–Crippen LogP) is 6.14. The van der Waals surface area contributed by atoms with Gasteiger partial charge in [0.2, 0.25) is 17.1 Å². The fraction of sp³-hybridized carbons (Fsp3) is 0.292. The maximum atomic E-state index is 15.4. The monoisotopic (exact) mass is 376 g/mol. The first-order chi connectivity index (χ1) is 13.4. The number of fused-ring (bicyclic) bond motifs is 3. The number of pyridine rings is 1. The van der Waals surface area contributed by atoms with Crippen molar-refractivity contribution in [3.05, 3.63) is 53.0 Å². The highest BCUT2D eigenvalue weighted by molar-refractivity contribution is 6.05. The first-order valence-electron chi connectivity index (χ1n) is 9.70. The van der Waals surface area contributed by atoms with Gasteiger partial charge in [-0.15, -0.1) is 0 Å². The molecule has 142 valence electrons. The van der Waals surface area contributed by atoms with Crippen LogP contribution < -0.4 is 9.30 Å². The Balaban J connectivity index is 1.94. The Labute approximate surface area is 163 Å². The zero-order valence-corrected chi connectivity index (χ0v) is 16.8. The van der Waals surface area contributed by atoms with E-state index in [-0.39, 0.29) is 11.3 Å². The third kappa shape index (κ3) is 2.24. The third-order valence-electron chi connectivity index (χ3n) is 5.83. The maximum Gasteiger partial charge on any atom is 0.260 e. The molecule has 0 aliphatic carbocycles. The molecule has 0 spiro atoms. The van der Waals surface area contributed by atoms with Crippen LogP contribution in [-0.2, 0) is 13.5 Å². The summed E-state index contributed by atoms with van der Waals surface area (Å²) in [5.74, 6) is 1.06. The summed E-state index contributed by atoms with van der Waals surface area (Å²) in [5.41, 5.74) is 6.30. The van der Waals surface area contributed by atoms with Crippen LogP contribution in [0.1, 0.15) is 30.5 Å². The lowest BCUT2D eigenvalue weighted by Gasteiger charge is -2.23. The molecule has 3 heterocycles. The summed E-state index contributed by atoms with van der Waals surface area (Å²) in [5, 5.41) is 2.20. The number of aromatic nitrogens is 1. The quantitative estimate of drug-likeness (QED) is 0.346. The van der Waals surface area contributed by atoms with Gasteiger partial charge >= 0.3 is 0 Å². The number of rotatable bonds is 2. The summed E-state index contributed by atoms with van der Waals surface area (Å²) in [7, 11) is 1.94. The van der Waals surface area contributed by atoms with Gasteiger partial charge in [0, 0.05) is 11.5 Å². The van der Waals surface area contributed by atoms with Gasteiger partial charge < -0.3 is 9.15 Å². The molecule has 0 saturated carbocycles. The smallest absolute Gasteiger partial charge is 0.260 e. The zero-order chi connectivity index (χ0) is 19.7. The Morgan fingerprint density at radius 1 is 1.14 bits per heavy atom. The highest BCUT2D eigenvalue weighted by atomic mass is 19.1. The van der Waals surface area contributed by atoms with Gasteiger partial charge in [-0.1, -0.05) is 26.0 Å². The molecule has 4 heteroatoms. The first-order valence-corrected chi connectivity index (χ1v) is 9.70. The van der Waals surface area contributed by atoms with Crippen LogP contribution in [0.15, 0.2) is 34.9 Å². The largest absolute Gasteiger partial charge is 0.455 e. The van der Waals surface area contributed by atoms with Crippen molar-refractivity contribution >= 4 is 21.9 Å². The van der Waals surface area contributed by atoms with Crippen LogP contribution in [0.3, 0.4) is 0 Å². The Morgan fingerprint density at radius 3 is 2.68 bits per heavy atom. The molecule has 0 bridgehead atoms. The topological polar surface area (TPSA) is 26.2 Å². The summed E-state index contributed by atoms with van der Waals surface area (Å²) in [6.07, 6.45) is 2.47. The number of hydrogen-bond donors (Lipinski definition) is 0. The second-order valence-corrected chi connectivity index (χ2v) is 8.27. The molecule has 3 nitrogen and oxygen atoms in total. The second-order valence-electron chi connectivity index (χ2n) is 8.27. The van der Waals surface area contributed by atoms with E-state index >= 15 is 4.39 Å². The number of benzene rings is 2. The maximum absolute atomic E-state index is 15.4. The molecule has 1 aliphatic heterocycles. The van der Waals surface area contributed by atoms with Crippen molar-refractivity contribution in [3.8, 4) is 22.8 Å². The summed E-state index contributed by atoms with van der Waals surface area (Å²) < 4.78 is 28.9. The minimum absolute atomic E-state index is 0.226. The molecule has 0 radical (unpaired) electrons. The number of hydrogen-bond acceptors (Lipinski definition) is 2. The van der Waals surface area contributed by atoms with E-state index < -0.39 is 5.82 Å². The van der Waals surface area contributed by atoms with Crippen molar-refractivity contribution in [2.24, 2.45) is 13.0 Å². The molecule has 1 aliphatic rings. The predicted molar refractivity (Wildman–Crippen MR) is 108 cm³/mol. The second kappa shape index (κ2) is 5.81. The Bertz CT molecular complexity index is 1280. The van der Waals surface area contributed by atoms with Crippen molar-refractivity contribution in [3.63, 3.8) is 0 Å². The van der Waals surface area contributed by atoms with Crippen molar-refractivity contribution in [1.29, 1.82) is 0 Å². The van der Waals surface area contributed by atoms with Crippen LogP contribution in [0.5, 0.6) is 11.5 Å². The van der Waals surface area contributed by atoms with Gasteiger partial charge in [0.15, 0.2) is 0 Å². The third-order valence-corrected chi connectivity index (χ3v) is 5.83. The number of aryl methyl sites for hydroxylation is 2. The molecule has 0 fully saturated rings. The van der Waals surface area contributed by atoms with Crippen LogP contribution in [0.2, 0.25) is 0 Å². The van der Waals surface area contributed by atoms with Crippen LogP contribution in [-0.4, -0.2) is 0 Å². The number of furan rings is 1. The highest BCUT2D eigenvalue weighted by Crippen LogP contribution is 2.49. The highest BCUT2D eigenvalue weighted by Gasteiger charge is 2.36. The molecule has 5 rings (SSSR count). The lowest BCUT2D eigenvalue weighted by Crippen LogP contribution is -2.34. The van der Waals surface area contributed by atoms with Crippen LogP contribution in [0.25, 0.3) is 33.1 Å². The number of nitrogens with zero attached hydrogens (tertiary/aromatic N) is 1. The molecule has 28 heavy (non-hydrogen) atoms. The van der Waals surface area contributed by atoms with Gasteiger partial charge in [0.05, 0.1) is 11.8 Å². The summed E-state index contributed by atoms with van der Waals surface area (Å²) >= 11 is 0. The molecular weight excluding hydrogens is 353 g/mol. The van der Waals surface area contributed by atoms with E-state index in [0.29, 0.717) is 11.4 Å². The van der Waals surface area contributed by atoms with E-state index in [1.807, 2.05) is 11.6 Å². The van der Waals surface area contributed by atoms with Gasteiger partial charge in [0.1, 0.15) is 12.8 Å². The van der Waals surface area contributed by atoms with E-state index in [4.69, 9.17) is 9.15 Å². The average Bonchev–Trinajstić information content (AvgIpc) is 3.12. The molecular formula is C24H23FNO2+.